The average molecular weight is 226 g/mol. The summed E-state index contributed by atoms with van der Waals surface area (Å²) in [4.78, 5) is 16.1. The maximum atomic E-state index is 12.0. The second-order valence-electron chi connectivity index (χ2n) is 3.86. The molecule has 3 rings (SSSR count). The van der Waals surface area contributed by atoms with E-state index in [2.05, 4.69) is 10.3 Å². The number of ether oxygens (including phenoxy) is 1. The number of hydrogen-bond acceptors (Lipinski definition) is 3. The van der Waals surface area contributed by atoms with Gasteiger partial charge in [-0.2, -0.15) is 0 Å². The second-order valence-corrected chi connectivity index (χ2v) is 3.86. The average Bonchev–Trinajstić information content (AvgIpc) is 2.47. The molecule has 4 nitrogen and oxygen atoms in total. The molecule has 0 spiro atoms. The highest BCUT2D eigenvalue weighted by Crippen LogP contribution is 2.35. The van der Waals surface area contributed by atoms with Gasteiger partial charge in [0.1, 0.15) is 11.4 Å². The van der Waals surface area contributed by atoms with Gasteiger partial charge in [0.2, 0.25) is 5.88 Å². The summed E-state index contributed by atoms with van der Waals surface area (Å²) >= 11 is 0. The molecule has 1 aliphatic rings. The van der Waals surface area contributed by atoms with Crippen LogP contribution in [0, 0.1) is 6.92 Å². The number of fused-ring (bicyclic) bond motifs is 2. The molecule has 0 fully saturated rings. The minimum atomic E-state index is -0.171. The van der Waals surface area contributed by atoms with E-state index in [0.29, 0.717) is 22.9 Å². The Morgan fingerprint density at radius 1 is 1.24 bits per heavy atom. The van der Waals surface area contributed by atoms with Gasteiger partial charge in [0.05, 0.1) is 5.56 Å². The van der Waals surface area contributed by atoms with Crippen LogP contribution in [0.25, 0.3) is 0 Å². The first-order valence-electron chi connectivity index (χ1n) is 5.29. The largest absolute Gasteiger partial charge is 0.436 e. The molecule has 1 aromatic heterocycles. The molecule has 4 heteroatoms. The molecule has 0 atom stereocenters. The highest BCUT2D eigenvalue weighted by atomic mass is 16.5. The summed E-state index contributed by atoms with van der Waals surface area (Å²) in [5.41, 5.74) is 2.03. The van der Waals surface area contributed by atoms with Crippen LogP contribution in [-0.2, 0) is 0 Å². The number of amides is 1. The van der Waals surface area contributed by atoms with Crippen molar-refractivity contribution in [1.29, 1.82) is 0 Å². The first-order chi connectivity index (χ1) is 8.25. The van der Waals surface area contributed by atoms with Gasteiger partial charge in [-0.15, -0.1) is 0 Å². The number of anilines is 1. The summed E-state index contributed by atoms with van der Waals surface area (Å²) in [5.74, 6) is 0.826. The fraction of sp³-hybridized carbons (Fsp3) is 0.0769. The van der Waals surface area contributed by atoms with Crippen LogP contribution in [0.5, 0.6) is 11.6 Å². The molecule has 1 amide bonds. The number of aromatic nitrogens is 1. The molecule has 1 aromatic carbocycles. The Hall–Kier alpha value is -2.36. The fourth-order valence-corrected chi connectivity index (χ4v) is 1.82. The van der Waals surface area contributed by atoms with Crippen LogP contribution < -0.4 is 10.1 Å². The molecule has 0 saturated carbocycles. The number of rotatable bonds is 0. The molecule has 0 bridgehead atoms. The van der Waals surface area contributed by atoms with E-state index in [4.69, 9.17) is 4.74 Å². The van der Waals surface area contributed by atoms with Gasteiger partial charge >= 0.3 is 0 Å². The number of nitrogens with zero attached hydrogens (tertiary/aromatic N) is 1. The summed E-state index contributed by atoms with van der Waals surface area (Å²) in [7, 11) is 0. The number of nitrogens with one attached hydrogen (secondary N) is 1. The third-order valence-corrected chi connectivity index (χ3v) is 2.67. The Morgan fingerprint density at radius 2 is 2.12 bits per heavy atom. The Labute approximate surface area is 98.3 Å². The van der Waals surface area contributed by atoms with Crippen molar-refractivity contribution in [3.8, 4) is 11.6 Å². The Balaban J connectivity index is 2.22. The smallest absolute Gasteiger partial charge is 0.259 e. The lowest BCUT2D eigenvalue weighted by Gasteiger charge is -2.08. The quantitative estimate of drug-likeness (QED) is 0.751. The SMILES string of the molecule is Cc1cccc2c1Oc1ncccc1NC2=O. The van der Waals surface area contributed by atoms with Gasteiger partial charge in [-0.25, -0.2) is 4.98 Å². The minimum absolute atomic E-state index is 0.171. The van der Waals surface area contributed by atoms with Crippen LogP contribution in [0.4, 0.5) is 5.69 Å². The van der Waals surface area contributed by atoms with E-state index >= 15 is 0 Å². The molecule has 1 aliphatic heterocycles. The molecule has 2 aromatic rings. The molecular formula is C13H10N2O2. The predicted molar refractivity (Wildman–Crippen MR) is 63.4 cm³/mol. The molecule has 0 saturated heterocycles. The monoisotopic (exact) mass is 226 g/mol. The maximum Gasteiger partial charge on any atom is 0.259 e. The number of aryl methyl sites for hydroxylation is 1. The van der Waals surface area contributed by atoms with Gasteiger partial charge in [-0.3, -0.25) is 4.79 Å². The first-order valence-corrected chi connectivity index (χ1v) is 5.29. The van der Waals surface area contributed by atoms with E-state index in [9.17, 15) is 4.79 Å². The number of benzene rings is 1. The standard InChI is InChI=1S/C13H10N2O2/c1-8-4-2-5-9-11(8)17-13-10(15-12(9)16)6-3-7-14-13/h2-7H,1H3,(H,15,16). The van der Waals surface area contributed by atoms with Crippen molar-refractivity contribution in [1.82, 2.24) is 4.98 Å². The van der Waals surface area contributed by atoms with Crippen molar-refractivity contribution in [3.63, 3.8) is 0 Å². The normalized spacial score (nSPS) is 12.9. The lowest BCUT2D eigenvalue weighted by molar-refractivity contribution is 0.102. The topological polar surface area (TPSA) is 51.2 Å². The molecule has 84 valence electrons. The van der Waals surface area contributed by atoms with Crippen molar-refractivity contribution >= 4 is 11.6 Å². The van der Waals surface area contributed by atoms with Crippen LogP contribution in [0.3, 0.4) is 0 Å². The second kappa shape index (κ2) is 3.59. The van der Waals surface area contributed by atoms with Crippen molar-refractivity contribution in [2.75, 3.05) is 5.32 Å². The Morgan fingerprint density at radius 3 is 3.00 bits per heavy atom. The van der Waals surface area contributed by atoms with Crippen LogP contribution in [0.1, 0.15) is 15.9 Å². The molecule has 2 heterocycles. The fourth-order valence-electron chi connectivity index (χ4n) is 1.82. The summed E-state index contributed by atoms with van der Waals surface area (Å²) in [6.07, 6.45) is 1.63. The van der Waals surface area contributed by atoms with E-state index < -0.39 is 0 Å². The van der Waals surface area contributed by atoms with Gasteiger partial charge in [0, 0.05) is 6.20 Å². The number of pyridine rings is 1. The summed E-state index contributed by atoms with van der Waals surface area (Å²) in [6, 6.07) is 9.00. The van der Waals surface area contributed by atoms with E-state index in [1.807, 2.05) is 19.1 Å². The molecule has 0 aliphatic carbocycles. The molecule has 0 unspecified atom stereocenters. The van der Waals surface area contributed by atoms with Gasteiger partial charge < -0.3 is 10.1 Å². The third-order valence-electron chi connectivity index (χ3n) is 2.67. The van der Waals surface area contributed by atoms with Gasteiger partial charge in [-0.1, -0.05) is 12.1 Å². The zero-order valence-electron chi connectivity index (χ0n) is 9.23. The van der Waals surface area contributed by atoms with Crippen molar-refractivity contribution < 1.29 is 9.53 Å². The zero-order chi connectivity index (χ0) is 11.8. The predicted octanol–water partition coefficient (Wildman–Crippen LogP) is 2.75. The summed E-state index contributed by atoms with van der Waals surface area (Å²) in [6.45, 7) is 1.90. The van der Waals surface area contributed by atoms with Gasteiger partial charge in [-0.05, 0) is 30.7 Å². The molecule has 0 radical (unpaired) electrons. The maximum absolute atomic E-state index is 12.0. The Bertz CT molecular complexity index is 608. The zero-order valence-corrected chi connectivity index (χ0v) is 9.23. The number of carbonyl (C=O) groups excluding carboxylic acids is 1. The van der Waals surface area contributed by atoms with E-state index in [-0.39, 0.29) is 5.91 Å². The van der Waals surface area contributed by atoms with E-state index in [1.54, 1.807) is 24.4 Å². The van der Waals surface area contributed by atoms with Crippen molar-refractivity contribution in [3.05, 3.63) is 47.7 Å². The summed E-state index contributed by atoms with van der Waals surface area (Å²) in [5, 5.41) is 2.78. The van der Waals surface area contributed by atoms with E-state index in [1.165, 1.54) is 0 Å². The van der Waals surface area contributed by atoms with Crippen LogP contribution in [-0.4, -0.2) is 10.9 Å². The first kappa shape index (κ1) is 9.84. The van der Waals surface area contributed by atoms with Crippen LogP contribution in [0.2, 0.25) is 0 Å². The Kier molecular flexibility index (Phi) is 2.08. The molecule has 17 heavy (non-hydrogen) atoms. The number of carbonyl (C=O) groups is 1. The highest BCUT2D eigenvalue weighted by molar-refractivity contribution is 6.08. The van der Waals surface area contributed by atoms with Gasteiger partial charge in [0.15, 0.2) is 0 Å². The highest BCUT2D eigenvalue weighted by Gasteiger charge is 2.22. The third kappa shape index (κ3) is 1.54. The van der Waals surface area contributed by atoms with Crippen molar-refractivity contribution in [2.45, 2.75) is 6.92 Å². The van der Waals surface area contributed by atoms with Gasteiger partial charge in [0.25, 0.3) is 5.91 Å². The number of hydrogen-bond donors (Lipinski definition) is 1. The van der Waals surface area contributed by atoms with Crippen molar-refractivity contribution in [2.24, 2.45) is 0 Å². The van der Waals surface area contributed by atoms with Crippen LogP contribution >= 0.6 is 0 Å². The van der Waals surface area contributed by atoms with E-state index in [0.717, 1.165) is 5.56 Å². The summed E-state index contributed by atoms with van der Waals surface area (Å²) < 4.78 is 5.71. The molecular weight excluding hydrogens is 216 g/mol. The number of para-hydroxylation sites is 1. The minimum Gasteiger partial charge on any atom is -0.436 e. The lowest BCUT2D eigenvalue weighted by Crippen LogP contribution is -2.10. The lowest BCUT2D eigenvalue weighted by atomic mass is 10.1. The van der Waals surface area contributed by atoms with Crippen LogP contribution in [0.15, 0.2) is 36.5 Å². The molecule has 1 N–H and O–H groups in total.